The molecule has 3 N–H and O–H groups in total. The van der Waals surface area contributed by atoms with Crippen LogP contribution in [0.1, 0.15) is 45.6 Å². The van der Waals surface area contributed by atoms with E-state index in [0.29, 0.717) is 12.2 Å². The van der Waals surface area contributed by atoms with Crippen molar-refractivity contribution >= 4 is 35.6 Å². The van der Waals surface area contributed by atoms with E-state index in [-0.39, 0.29) is 25.8 Å². The van der Waals surface area contributed by atoms with E-state index < -0.39 is 41.6 Å². The monoisotopic (exact) mass is 495 g/mol. The van der Waals surface area contributed by atoms with Gasteiger partial charge in [0.25, 0.3) is 5.91 Å². The van der Waals surface area contributed by atoms with Crippen molar-refractivity contribution in [2.24, 2.45) is 5.73 Å². The quantitative estimate of drug-likeness (QED) is 0.423. The first-order valence-electron chi connectivity index (χ1n) is 11.2. The van der Waals surface area contributed by atoms with Crippen LogP contribution in [0.3, 0.4) is 0 Å². The van der Waals surface area contributed by atoms with Crippen LogP contribution >= 0.6 is 11.8 Å². The van der Waals surface area contributed by atoms with Crippen LogP contribution < -0.4 is 11.1 Å². The van der Waals surface area contributed by atoms with Crippen LogP contribution in [0.4, 0.5) is 4.79 Å². The number of amides is 3. The van der Waals surface area contributed by atoms with Crippen LogP contribution in [0.2, 0.25) is 0 Å². The van der Waals surface area contributed by atoms with Gasteiger partial charge in [-0.25, -0.2) is 9.59 Å². The molecule has 9 nitrogen and oxygen atoms in total. The van der Waals surface area contributed by atoms with Gasteiger partial charge in [-0.2, -0.15) is 11.8 Å². The van der Waals surface area contributed by atoms with E-state index >= 15 is 0 Å². The van der Waals surface area contributed by atoms with Crippen LogP contribution in [0.25, 0.3) is 0 Å². The number of alkyl carbamates (subject to hydrolysis) is 1. The summed E-state index contributed by atoms with van der Waals surface area (Å²) in [6.45, 7) is 5.38. The lowest BCUT2D eigenvalue weighted by molar-refractivity contribution is -0.160. The van der Waals surface area contributed by atoms with E-state index in [2.05, 4.69) is 5.32 Å². The summed E-state index contributed by atoms with van der Waals surface area (Å²) in [5, 5.41) is 2.58. The molecule has 2 atom stereocenters. The number of hydrogen-bond donors (Lipinski definition) is 2. The summed E-state index contributed by atoms with van der Waals surface area (Å²) in [7, 11) is 1.21. The third-order valence-corrected chi connectivity index (χ3v) is 5.40. The predicted molar refractivity (Wildman–Crippen MR) is 132 cm³/mol. The molecule has 1 aromatic rings. The molecule has 0 heterocycles. The van der Waals surface area contributed by atoms with Crippen LogP contribution in [-0.2, 0) is 30.3 Å². The molecule has 0 radical (unpaired) electrons. The lowest BCUT2D eigenvalue weighted by Crippen LogP contribution is -2.57. The fourth-order valence-electron chi connectivity index (χ4n) is 3.19. The van der Waals surface area contributed by atoms with Gasteiger partial charge in [0.15, 0.2) is 0 Å². The Kier molecular flexibility index (Phi) is 12.7. The van der Waals surface area contributed by atoms with Crippen molar-refractivity contribution < 1.29 is 28.7 Å². The van der Waals surface area contributed by atoms with Crippen molar-refractivity contribution in [3.8, 4) is 0 Å². The standard InChI is InChI=1S/C24H37N3O6S/c1-24(2,3)33-23(31)26-18(13-15-34-5)21(29)27(20(28)12-9-14-25)19(22(30)32-4)16-17-10-7-6-8-11-17/h6-8,10-11,18-19H,9,12-16,25H2,1-5H3,(H,26,31). The maximum atomic E-state index is 13.7. The number of esters is 1. The molecular formula is C24H37N3O6S. The molecule has 190 valence electrons. The number of rotatable bonds is 12. The van der Waals surface area contributed by atoms with E-state index in [1.807, 2.05) is 12.3 Å². The minimum Gasteiger partial charge on any atom is -0.467 e. The average Bonchev–Trinajstić information content (AvgIpc) is 2.78. The second kappa shape index (κ2) is 14.6. The molecule has 0 aromatic heterocycles. The number of carbonyl (C=O) groups excluding carboxylic acids is 4. The van der Waals surface area contributed by atoms with E-state index in [9.17, 15) is 19.2 Å². The topological polar surface area (TPSA) is 128 Å². The van der Waals surface area contributed by atoms with E-state index in [1.165, 1.54) is 18.9 Å². The number of nitrogens with two attached hydrogens (primary N) is 1. The number of carbonyl (C=O) groups is 4. The zero-order valence-corrected chi connectivity index (χ0v) is 21.5. The Morgan fingerprint density at radius 2 is 1.79 bits per heavy atom. The Morgan fingerprint density at radius 1 is 1.15 bits per heavy atom. The van der Waals surface area contributed by atoms with Crippen molar-refractivity contribution in [2.75, 3.05) is 25.7 Å². The fourth-order valence-corrected chi connectivity index (χ4v) is 3.66. The Bertz CT molecular complexity index is 813. The summed E-state index contributed by atoms with van der Waals surface area (Å²) in [5.41, 5.74) is 5.55. The van der Waals surface area contributed by atoms with Crippen molar-refractivity contribution in [2.45, 2.75) is 64.1 Å². The highest BCUT2D eigenvalue weighted by atomic mass is 32.2. The number of benzene rings is 1. The number of methoxy groups -OCH3 is 1. The Hall–Kier alpha value is -2.59. The number of nitrogens with one attached hydrogen (secondary N) is 1. The Morgan fingerprint density at radius 3 is 2.32 bits per heavy atom. The van der Waals surface area contributed by atoms with Gasteiger partial charge in [0, 0.05) is 12.8 Å². The molecule has 0 aliphatic rings. The van der Waals surface area contributed by atoms with Gasteiger partial charge < -0.3 is 20.5 Å². The van der Waals surface area contributed by atoms with E-state index in [0.717, 1.165) is 10.5 Å². The maximum absolute atomic E-state index is 13.7. The summed E-state index contributed by atoms with van der Waals surface area (Å²) in [5.74, 6) is -1.42. The lowest BCUT2D eigenvalue weighted by Gasteiger charge is -2.32. The minimum absolute atomic E-state index is 0.0216. The molecule has 2 unspecified atom stereocenters. The van der Waals surface area contributed by atoms with E-state index in [4.69, 9.17) is 15.2 Å². The molecule has 3 amide bonds. The Balaban J connectivity index is 3.35. The number of ether oxygens (including phenoxy) is 2. The molecule has 0 fully saturated rings. The molecule has 1 aromatic carbocycles. The fraction of sp³-hybridized carbons (Fsp3) is 0.583. The smallest absolute Gasteiger partial charge is 0.408 e. The number of nitrogens with zero attached hydrogens (tertiary/aromatic N) is 1. The van der Waals surface area contributed by atoms with Gasteiger partial charge in [0.2, 0.25) is 5.91 Å². The van der Waals surface area contributed by atoms with Gasteiger partial charge in [-0.15, -0.1) is 0 Å². The molecule has 10 heteroatoms. The van der Waals surface area contributed by atoms with Gasteiger partial charge in [0.1, 0.15) is 17.7 Å². The third-order valence-electron chi connectivity index (χ3n) is 4.76. The highest BCUT2D eigenvalue weighted by molar-refractivity contribution is 7.98. The first-order chi connectivity index (χ1) is 16.0. The maximum Gasteiger partial charge on any atom is 0.408 e. The van der Waals surface area contributed by atoms with Crippen LogP contribution in [0, 0.1) is 0 Å². The summed E-state index contributed by atoms with van der Waals surface area (Å²) in [6.07, 6.45) is 1.74. The zero-order valence-electron chi connectivity index (χ0n) is 20.7. The highest BCUT2D eigenvalue weighted by Crippen LogP contribution is 2.17. The highest BCUT2D eigenvalue weighted by Gasteiger charge is 2.39. The van der Waals surface area contributed by atoms with Gasteiger partial charge in [-0.3, -0.25) is 14.5 Å². The number of imide groups is 1. The minimum atomic E-state index is -1.19. The molecule has 0 saturated carbocycles. The van der Waals surface area contributed by atoms with Gasteiger partial charge >= 0.3 is 12.1 Å². The van der Waals surface area contributed by atoms with Crippen molar-refractivity contribution in [1.29, 1.82) is 0 Å². The second-order valence-electron chi connectivity index (χ2n) is 8.70. The first kappa shape index (κ1) is 29.4. The summed E-state index contributed by atoms with van der Waals surface area (Å²) < 4.78 is 10.3. The predicted octanol–water partition coefficient (Wildman–Crippen LogP) is 2.51. The van der Waals surface area contributed by atoms with Gasteiger partial charge in [-0.1, -0.05) is 30.3 Å². The number of hydrogen-bond acceptors (Lipinski definition) is 8. The van der Waals surface area contributed by atoms with Crippen molar-refractivity contribution in [1.82, 2.24) is 10.2 Å². The first-order valence-corrected chi connectivity index (χ1v) is 12.6. The average molecular weight is 496 g/mol. The number of thioether (sulfide) groups is 1. The molecule has 0 bridgehead atoms. The van der Waals surface area contributed by atoms with Crippen molar-refractivity contribution in [3.05, 3.63) is 35.9 Å². The molecule has 0 aliphatic carbocycles. The van der Waals surface area contributed by atoms with Crippen molar-refractivity contribution in [3.63, 3.8) is 0 Å². The molecular weight excluding hydrogens is 458 g/mol. The van der Waals surface area contributed by atoms with Gasteiger partial charge in [0.05, 0.1) is 7.11 Å². The van der Waals surface area contributed by atoms with Crippen LogP contribution in [0.15, 0.2) is 30.3 Å². The Labute approximate surface area is 206 Å². The normalized spacial score (nSPS) is 12.9. The largest absolute Gasteiger partial charge is 0.467 e. The third kappa shape index (κ3) is 10.1. The molecule has 0 spiro atoms. The molecule has 0 saturated heterocycles. The molecule has 34 heavy (non-hydrogen) atoms. The zero-order chi connectivity index (χ0) is 25.7. The molecule has 0 aliphatic heterocycles. The van der Waals surface area contributed by atoms with E-state index in [1.54, 1.807) is 45.0 Å². The lowest BCUT2D eigenvalue weighted by atomic mass is 10.0. The van der Waals surface area contributed by atoms with Gasteiger partial charge in [-0.05, 0) is 57.7 Å². The van der Waals surface area contributed by atoms with Crippen LogP contribution in [-0.4, -0.2) is 72.1 Å². The second-order valence-corrected chi connectivity index (χ2v) is 9.69. The van der Waals surface area contributed by atoms with Crippen LogP contribution in [0.5, 0.6) is 0 Å². The SMILES string of the molecule is COC(=O)C(Cc1ccccc1)N(C(=O)CCCN)C(=O)C(CCSC)NC(=O)OC(C)(C)C. The summed E-state index contributed by atoms with van der Waals surface area (Å²) >= 11 is 1.49. The summed E-state index contributed by atoms with van der Waals surface area (Å²) in [4.78, 5) is 53.0. The molecule has 1 rings (SSSR count). The summed E-state index contributed by atoms with van der Waals surface area (Å²) in [6, 6.07) is 6.78.